The molecule has 3 rings (SSSR count). The standard InChI is InChI=1S/C17H12ClFN2O2/c1-10(22)21-9-13(12-7-6-11(18)8-16(12)21)17(23)20-15-5-3-2-4-14(15)19/h2-9H,1H3,(H,20,23). The molecule has 0 aliphatic heterocycles. The molecule has 23 heavy (non-hydrogen) atoms. The van der Waals surface area contributed by atoms with Crippen LogP contribution in [0, 0.1) is 5.82 Å². The van der Waals surface area contributed by atoms with Crippen molar-refractivity contribution in [3.63, 3.8) is 0 Å². The Bertz CT molecular complexity index is 933. The first-order chi connectivity index (χ1) is 11.0. The molecule has 0 aliphatic carbocycles. The molecule has 0 spiro atoms. The smallest absolute Gasteiger partial charge is 0.257 e. The van der Waals surface area contributed by atoms with Crippen molar-refractivity contribution >= 4 is 40.0 Å². The summed E-state index contributed by atoms with van der Waals surface area (Å²) in [4.78, 5) is 24.2. The summed E-state index contributed by atoms with van der Waals surface area (Å²) in [7, 11) is 0. The fourth-order valence-corrected chi connectivity index (χ4v) is 2.56. The molecule has 116 valence electrons. The van der Waals surface area contributed by atoms with E-state index in [9.17, 15) is 14.0 Å². The number of benzene rings is 2. The molecule has 0 atom stereocenters. The van der Waals surface area contributed by atoms with Crippen molar-refractivity contribution in [3.05, 3.63) is 65.1 Å². The number of carbonyl (C=O) groups is 2. The molecule has 0 bridgehead atoms. The molecule has 1 aromatic heterocycles. The van der Waals surface area contributed by atoms with Crippen molar-refractivity contribution in [1.29, 1.82) is 0 Å². The third kappa shape index (κ3) is 2.83. The lowest BCUT2D eigenvalue weighted by Crippen LogP contribution is -2.13. The van der Waals surface area contributed by atoms with Gasteiger partial charge in [-0.3, -0.25) is 14.2 Å². The zero-order valence-corrected chi connectivity index (χ0v) is 12.9. The maximum Gasteiger partial charge on any atom is 0.257 e. The molecule has 0 saturated heterocycles. The lowest BCUT2D eigenvalue weighted by Gasteiger charge is -2.05. The average Bonchev–Trinajstić information content (AvgIpc) is 2.88. The summed E-state index contributed by atoms with van der Waals surface area (Å²) in [5.74, 6) is -1.27. The van der Waals surface area contributed by atoms with Crippen LogP contribution < -0.4 is 5.32 Å². The average molecular weight is 331 g/mol. The number of hydrogen-bond acceptors (Lipinski definition) is 2. The van der Waals surface area contributed by atoms with E-state index in [1.807, 2.05) is 0 Å². The van der Waals surface area contributed by atoms with Gasteiger partial charge in [-0.15, -0.1) is 0 Å². The number of aromatic nitrogens is 1. The Morgan fingerprint density at radius 3 is 2.61 bits per heavy atom. The number of halogens is 2. The minimum atomic E-state index is -0.529. The van der Waals surface area contributed by atoms with Gasteiger partial charge in [-0.25, -0.2) is 4.39 Å². The summed E-state index contributed by atoms with van der Waals surface area (Å²) in [6.07, 6.45) is 1.43. The highest BCUT2D eigenvalue weighted by molar-refractivity contribution is 6.31. The summed E-state index contributed by atoms with van der Waals surface area (Å²) in [5, 5.41) is 3.54. The highest BCUT2D eigenvalue weighted by Crippen LogP contribution is 2.26. The summed E-state index contributed by atoms with van der Waals surface area (Å²) < 4.78 is 15.0. The Morgan fingerprint density at radius 2 is 1.91 bits per heavy atom. The van der Waals surface area contributed by atoms with Crippen molar-refractivity contribution in [2.75, 3.05) is 5.32 Å². The van der Waals surface area contributed by atoms with Crippen LogP contribution in [0.4, 0.5) is 10.1 Å². The van der Waals surface area contributed by atoms with Crippen molar-refractivity contribution in [2.45, 2.75) is 6.92 Å². The minimum absolute atomic E-state index is 0.0789. The monoisotopic (exact) mass is 330 g/mol. The predicted molar refractivity (Wildman–Crippen MR) is 87.6 cm³/mol. The van der Waals surface area contributed by atoms with Gasteiger partial charge >= 0.3 is 0 Å². The van der Waals surface area contributed by atoms with E-state index in [1.54, 1.807) is 24.3 Å². The highest BCUT2D eigenvalue weighted by Gasteiger charge is 2.18. The number of anilines is 1. The lowest BCUT2D eigenvalue weighted by atomic mass is 10.1. The van der Waals surface area contributed by atoms with Gasteiger partial charge < -0.3 is 5.32 Å². The number of fused-ring (bicyclic) bond motifs is 1. The van der Waals surface area contributed by atoms with Gasteiger partial charge in [-0.1, -0.05) is 29.8 Å². The van der Waals surface area contributed by atoms with E-state index in [0.29, 0.717) is 15.9 Å². The first kappa shape index (κ1) is 15.2. The molecule has 0 saturated carbocycles. The van der Waals surface area contributed by atoms with Crippen molar-refractivity contribution in [3.8, 4) is 0 Å². The Labute approximate surface area is 136 Å². The van der Waals surface area contributed by atoms with Gasteiger partial charge in [0.15, 0.2) is 0 Å². The van der Waals surface area contributed by atoms with E-state index in [0.717, 1.165) is 0 Å². The van der Waals surface area contributed by atoms with Gasteiger partial charge in [0.25, 0.3) is 5.91 Å². The number of rotatable bonds is 2. The zero-order valence-electron chi connectivity index (χ0n) is 12.1. The molecule has 2 aromatic carbocycles. The molecule has 6 heteroatoms. The first-order valence-electron chi connectivity index (χ1n) is 6.85. The molecule has 0 aliphatic rings. The van der Waals surface area contributed by atoms with Crippen molar-refractivity contribution in [1.82, 2.24) is 4.57 Å². The highest BCUT2D eigenvalue weighted by atomic mass is 35.5. The van der Waals surface area contributed by atoms with E-state index in [4.69, 9.17) is 11.6 Å². The molecule has 1 N–H and O–H groups in total. The first-order valence-corrected chi connectivity index (χ1v) is 7.22. The topological polar surface area (TPSA) is 51.1 Å². The Hall–Kier alpha value is -2.66. The largest absolute Gasteiger partial charge is 0.319 e. The van der Waals surface area contributed by atoms with Crippen LogP contribution in [0.25, 0.3) is 10.9 Å². The second kappa shape index (κ2) is 5.85. The quantitative estimate of drug-likeness (QED) is 0.759. The van der Waals surface area contributed by atoms with Gasteiger partial charge in [0.1, 0.15) is 5.82 Å². The molecule has 4 nitrogen and oxygen atoms in total. The number of para-hydroxylation sites is 1. The molecule has 0 unspecified atom stereocenters. The summed E-state index contributed by atoms with van der Waals surface area (Å²) in [6.45, 7) is 1.39. The van der Waals surface area contributed by atoms with Crippen LogP contribution in [0.15, 0.2) is 48.7 Å². The van der Waals surface area contributed by atoms with E-state index in [1.165, 1.54) is 35.9 Å². The van der Waals surface area contributed by atoms with Gasteiger partial charge in [0, 0.05) is 23.5 Å². The molecule has 0 fully saturated rings. The number of carbonyl (C=O) groups excluding carboxylic acids is 2. The summed E-state index contributed by atoms with van der Waals surface area (Å²) in [5.41, 5.74) is 0.883. The molecular weight excluding hydrogens is 319 g/mol. The lowest BCUT2D eigenvalue weighted by molar-refractivity contribution is 0.0941. The van der Waals surface area contributed by atoms with Crippen LogP contribution in [-0.2, 0) is 0 Å². The van der Waals surface area contributed by atoms with Gasteiger partial charge in [-0.2, -0.15) is 0 Å². The molecule has 3 aromatic rings. The van der Waals surface area contributed by atoms with Gasteiger partial charge in [0.2, 0.25) is 5.91 Å². The van der Waals surface area contributed by atoms with Crippen molar-refractivity contribution < 1.29 is 14.0 Å². The van der Waals surface area contributed by atoms with Crippen LogP contribution >= 0.6 is 11.6 Å². The van der Waals surface area contributed by atoms with Crippen LogP contribution in [0.1, 0.15) is 22.1 Å². The van der Waals surface area contributed by atoms with Crippen LogP contribution in [-0.4, -0.2) is 16.4 Å². The SMILES string of the molecule is CC(=O)n1cc(C(=O)Nc2ccccc2F)c2ccc(Cl)cc21. The number of amides is 1. The molecular formula is C17H12ClFN2O2. The third-order valence-electron chi connectivity index (χ3n) is 3.47. The number of nitrogens with one attached hydrogen (secondary N) is 1. The minimum Gasteiger partial charge on any atom is -0.319 e. The van der Waals surface area contributed by atoms with E-state index < -0.39 is 11.7 Å². The van der Waals surface area contributed by atoms with E-state index in [2.05, 4.69) is 5.32 Å². The van der Waals surface area contributed by atoms with Gasteiger partial charge in [0.05, 0.1) is 16.8 Å². The van der Waals surface area contributed by atoms with Crippen LogP contribution in [0.2, 0.25) is 5.02 Å². The Kier molecular flexibility index (Phi) is 3.88. The second-order valence-electron chi connectivity index (χ2n) is 5.03. The summed E-state index contributed by atoms with van der Waals surface area (Å²) in [6, 6.07) is 10.8. The number of nitrogens with zero attached hydrogens (tertiary/aromatic N) is 1. The maximum atomic E-state index is 13.7. The molecule has 1 heterocycles. The fraction of sp³-hybridized carbons (Fsp3) is 0.0588. The predicted octanol–water partition coefficient (Wildman–Crippen LogP) is 4.35. The Morgan fingerprint density at radius 1 is 1.17 bits per heavy atom. The second-order valence-corrected chi connectivity index (χ2v) is 5.46. The van der Waals surface area contributed by atoms with E-state index >= 15 is 0 Å². The Balaban J connectivity index is 2.07. The molecule has 1 amide bonds. The van der Waals surface area contributed by atoms with Crippen LogP contribution in [0.3, 0.4) is 0 Å². The third-order valence-corrected chi connectivity index (χ3v) is 3.71. The fourth-order valence-electron chi connectivity index (χ4n) is 2.39. The maximum absolute atomic E-state index is 13.7. The van der Waals surface area contributed by atoms with Crippen molar-refractivity contribution in [2.24, 2.45) is 0 Å². The molecule has 0 radical (unpaired) electrons. The number of hydrogen-bond donors (Lipinski definition) is 1. The van der Waals surface area contributed by atoms with Gasteiger partial charge in [-0.05, 0) is 24.3 Å². The summed E-state index contributed by atoms with van der Waals surface area (Å²) >= 11 is 5.96. The normalized spacial score (nSPS) is 10.7. The van der Waals surface area contributed by atoms with Crippen LogP contribution in [0.5, 0.6) is 0 Å². The zero-order chi connectivity index (χ0) is 16.6. The van der Waals surface area contributed by atoms with E-state index in [-0.39, 0.29) is 17.2 Å².